The highest BCUT2D eigenvalue weighted by Gasteiger charge is 2.42. The minimum atomic E-state index is -1.02. The van der Waals surface area contributed by atoms with Gasteiger partial charge in [0.05, 0.1) is 7.11 Å². The van der Waals surface area contributed by atoms with Gasteiger partial charge in [-0.1, -0.05) is 42.5 Å². The van der Waals surface area contributed by atoms with Gasteiger partial charge in [0.1, 0.15) is 29.2 Å². The Kier molecular flexibility index (Phi) is 9.72. The Bertz CT molecular complexity index is 1350. The lowest BCUT2D eigenvalue weighted by molar-refractivity contribution is -0.145. The van der Waals surface area contributed by atoms with Crippen molar-refractivity contribution < 1.29 is 29.0 Å². The first-order valence-electron chi connectivity index (χ1n) is 14.1. The molecule has 1 aliphatic rings. The van der Waals surface area contributed by atoms with Crippen molar-refractivity contribution in [2.24, 2.45) is 0 Å². The van der Waals surface area contributed by atoms with Crippen LogP contribution in [-0.4, -0.2) is 52.7 Å². The summed E-state index contributed by atoms with van der Waals surface area (Å²) >= 11 is 0. The summed E-state index contributed by atoms with van der Waals surface area (Å²) < 4.78 is 10.7. The Morgan fingerprint density at radius 3 is 2.14 bits per heavy atom. The lowest BCUT2D eigenvalue weighted by atomic mass is 9.87. The van der Waals surface area contributed by atoms with Crippen molar-refractivity contribution in [3.05, 3.63) is 90.0 Å². The van der Waals surface area contributed by atoms with Crippen LogP contribution in [0, 0.1) is 0 Å². The molecule has 1 saturated carbocycles. The maximum atomic E-state index is 14.5. The number of carbonyl (C=O) groups excluding carboxylic acids is 3. The van der Waals surface area contributed by atoms with Gasteiger partial charge in [-0.05, 0) is 87.6 Å². The van der Waals surface area contributed by atoms with Crippen molar-refractivity contribution >= 4 is 23.6 Å². The first-order valence-corrected chi connectivity index (χ1v) is 14.1. The van der Waals surface area contributed by atoms with Gasteiger partial charge in [-0.2, -0.15) is 0 Å². The molecule has 0 aromatic heterocycles. The number of nitrogens with zero attached hydrogens (tertiary/aromatic N) is 1. The van der Waals surface area contributed by atoms with Crippen LogP contribution in [-0.2, 0) is 20.7 Å². The first-order chi connectivity index (χ1) is 20.0. The lowest BCUT2D eigenvalue weighted by Gasteiger charge is -2.43. The number of rotatable bonds is 10. The van der Waals surface area contributed by atoms with E-state index in [1.165, 1.54) is 12.1 Å². The minimum absolute atomic E-state index is 0.0946. The molecule has 0 heterocycles. The third-order valence-electron chi connectivity index (χ3n) is 7.09. The van der Waals surface area contributed by atoms with Crippen LogP contribution in [0.4, 0.5) is 10.5 Å². The molecule has 1 fully saturated rings. The van der Waals surface area contributed by atoms with Crippen molar-refractivity contribution in [1.82, 2.24) is 10.2 Å². The molecule has 9 nitrogen and oxygen atoms in total. The zero-order valence-electron chi connectivity index (χ0n) is 24.5. The van der Waals surface area contributed by atoms with E-state index in [9.17, 15) is 19.5 Å². The number of nitrogens with one attached hydrogen (secondary N) is 2. The molecule has 1 aliphatic carbocycles. The second-order valence-electron chi connectivity index (χ2n) is 11.4. The number of hydrogen-bond acceptors (Lipinski definition) is 6. The van der Waals surface area contributed by atoms with E-state index in [1.54, 1.807) is 69.2 Å². The maximum absolute atomic E-state index is 14.5. The highest BCUT2D eigenvalue weighted by atomic mass is 16.6. The molecule has 2 atom stereocenters. The van der Waals surface area contributed by atoms with Crippen LogP contribution in [0.25, 0.3) is 0 Å². The van der Waals surface area contributed by atoms with Gasteiger partial charge in [-0.3, -0.25) is 9.59 Å². The molecule has 0 radical (unpaired) electrons. The Hall–Kier alpha value is -4.53. The number of amides is 3. The molecule has 3 N–H and O–H groups in total. The third-order valence-corrected chi connectivity index (χ3v) is 7.09. The van der Waals surface area contributed by atoms with E-state index < -0.39 is 29.7 Å². The summed E-state index contributed by atoms with van der Waals surface area (Å²) in [4.78, 5) is 43.1. The second kappa shape index (κ2) is 13.4. The minimum Gasteiger partial charge on any atom is -0.508 e. The normalized spacial score (nSPS) is 14.6. The maximum Gasteiger partial charge on any atom is 0.408 e. The Balaban J connectivity index is 1.71. The van der Waals surface area contributed by atoms with E-state index in [0.29, 0.717) is 17.0 Å². The highest BCUT2D eigenvalue weighted by Crippen LogP contribution is 2.35. The van der Waals surface area contributed by atoms with Gasteiger partial charge >= 0.3 is 6.09 Å². The summed E-state index contributed by atoms with van der Waals surface area (Å²) in [6.45, 7) is 5.25. The molecule has 0 saturated heterocycles. The molecule has 42 heavy (non-hydrogen) atoms. The van der Waals surface area contributed by atoms with Gasteiger partial charge < -0.3 is 30.1 Å². The quantitative estimate of drug-likeness (QED) is 0.291. The molecule has 9 heteroatoms. The van der Waals surface area contributed by atoms with E-state index in [-0.39, 0.29) is 24.1 Å². The highest BCUT2D eigenvalue weighted by molar-refractivity contribution is 5.99. The lowest BCUT2D eigenvalue weighted by Crippen LogP contribution is -2.57. The summed E-state index contributed by atoms with van der Waals surface area (Å²) in [6.07, 6.45) is 1.82. The van der Waals surface area contributed by atoms with E-state index in [0.717, 1.165) is 24.8 Å². The topological polar surface area (TPSA) is 117 Å². The summed E-state index contributed by atoms with van der Waals surface area (Å²) in [5, 5.41) is 15.5. The monoisotopic (exact) mass is 573 g/mol. The molecule has 4 rings (SSSR count). The van der Waals surface area contributed by atoms with Crippen molar-refractivity contribution in [3.8, 4) is 11.5 Å². The largest absolute Gasteiger partial charge is 0.508 e. The number of anilines is 1. The molecule has 3 amide bonds. The fraction of sp³-hybridized carbons (Fsp3) is 0.364. The van der Waals surface area contributed by atoms with Gasteiger partial charge in [0.25, 0.3) is 5.91 Å². The average Bonchev–Trinajstić information content (AvgIpc) is 2.92. The standard InChI is InChI=1S/C33H39N3O6/c1-33(2,3)42-32(40)35-28(21-22-13-17-26(37)18-14-22)31(39)36(25-11-8-12-25)29(23-9-6-5-7-10-23)30(38)34-24-15-19-27(41-4)20-16-24/h5-7,9-10,13-20,25,28-29,37H,8,11-12,21H2,1-4H3,(H,34,38)(H,35,40). The summed E-state index contributed by atoms with van der Waals surface area (Å²) in [7, 11) is 1.57. The van der Waals surface area contributed by atoms with Crippen LogP contribution in [0.3, 0.4) is 0 Å². The number of hydrogen-bond donors (Lipinski definition) is 3. The van der Waals surface area contributed by atoms with E-state index >= 15 is 0 Å². The van der Waals surface area contributed by atoms with E-state index in [2.05, 4.69) is 10.6 Å². The number of benzene rings is 3. The number of methoxy groups -OCH3 is 1. The van der Waals surface area contributed by atoms with Gasteiger partial charge in [-0.25, -0.2) is 4.79 Å². The van der Waals surface area contributed by atoms with Crippen LogP contribution in [0.2, 0.25) is 0 Å². The summed E-state index contributed by atoms with van der Waals surface area (Å²) in [5.74, 6) is -0.00836. The molecule has 222 valence electrons. The van der Waals surface area contributed by atoms with Crippen LogP contribution >= 0.6 is 0 Å². The zero-order valence-corrected chi connectivity index (χ0v) is 24.5. The molecule has 2 unspecified atom stereocenters. The van der Waals surface area contributed by atoms with Crippen molar-refractivity contribution in [2.45, 2.75) is 70.2 Å². The van der Waals surface area contributed by atoms with E-state index in [4.69, 9.17) is 9.47 Å². The van der Waals surface area contributed by atoms with Gasteiger partial charge in [0.15, 0.2) is 0 Å². The van der Waals surface area contributed by atoms with Crippen LogP contribution < -0.4 is 15.4 Å². The molecule has 0 spiro atoms. The second-order valence-corrected chi connectivity index (χ2v) is 11.4. The van der Waals surface area contributed by atoms with E-state index in [1.807, 2.05) is 30.3 Å². The SMILES string of the molecule is COc1ccc(NC(=O)C(c2ccccc2)N(C(=O)C(Cc2ccc(O)cc2)NC(=O)OC(C)(C)C)C2CCC2)cc1. The summed E-state index contributed by atoms with van der Waals surface area (Å²) in [6, 6.07) is 20.5. The van der Waals surface area contributed by atoms with Gasteiger partial charge in [0.2, 0.25) is 5.91 Å². The van der Waals surface area contributed by atoms with Gasteiger partial charge in [0, 0.05) is 18.2 Å². The predicted octanol–water partition coefficient (Wildman–Crippen LogP) is 5.60. The first kappa shape index (κ1) is 30.4. The van der Waals surface area contributed by atoms with Gasteiger partial charge in [-0.15, -0.1) is 0 Å². The Morgan fingerprint density at radius 1 is 0.952 bits per heavy atom. The number of phenolic OH excluding ortho intramolecular Hbond substituents is 1. The molecular weight excluding hydrogens is 534 g/mol. The number of aromatic hydroxyl groups is 1. The summed E-state index contributed by atoms with van der Waals surface area (Å²) in [5.41, 5.74) is 1.18. The van der Waals surface area contributed by atoms with Crippen molar-refractivity contribution in [2.75, 3.05) is 12.4 Å². The number of carbonyl (C=O) groups is 3. The Morgan fingerprint density at radius 2 is 1.60 bits per heavy atom. The van der Waals surface area contributed by atoms with Crippen LogP contribution in [0.15, 0.2) is 78.9 Å². The molecule has 3 aromatic carbocycles. The molecule has 0 bridgehead atoms. The van der Waals surface area contributed by atoms with Crippen LogP contribution in [0.5, 0.6) is 11.5 Å². The fourth-order valence-electron chi connectivity index (χ4n) is 4.84. The number of ether oxygens (including phenoxy) is 2. The Labute approximate surface area is 246 Å². The fourth-order valence-corrected chi connectivity index (χ4v) is 4.84. The zero-order chi connectivity index (χ0) is 30.3. The van der Waals surface area contributed by atoms with Crippen molar-refractivity contribution in [3.63, 3.8) is 0 Å². The average molecular weight is 574 g/mol. The third kappa shape index (κ3) is 8.02. The molecule has 0 aliphatic heterocycles. The number of phenols is 1. The van der Waals surface area contributed by atoms with Crippen molar-refractivity contribution in [1.29, 1.82) is 0 Å². The van der Waals surface area contributed by atoms with Crippen LogP contribution in [0.1, 0.15) is 57.2 Å². The smallest absolute Gasteiger partial charge is 0.408 e. The molecular formula is C33H39N3O6. The number of alkyl carbamates (subject to hydrolysis) is 1. The molecule has 3 aromatic rings. The predicted molar refractivity (Wildman–Crippen MR) is 160 cm³/mol.